The summed E-state index contributed by atoms with van der Waals surface area (Å²) >= 11 is 1.29. The standard InChI is InChI=1S/C39H46F2N3O2PS/c1-3-44(23-19-28(2)43-37(46)36-32(20-24-48-36)35(45)29-13-5-4-6-14-29)22-12-11-21-38(26-42-27-39(40,41)47)33-17-9-7-15-30(33)25-31-16-8-10-18-34(31)38/h4-10,13-18,20,24,28,42H,3,11-12,19,21-23,25-27,47H2,1-2H3,(H,43,46). The first kappa shape index (κ1) is 36.0. The number of fused-ring (bicyclic) bond motifs is 2. The number of unbranched alkanes of at least 4 members (excludes halogenated alkanes) is 1. The second-order valence-electron chi connectivity index (χ2n) is 12.9. The largest absolute Gasteiger partial charge is 0.349 e. The third kappa shape index (κ3) is 8.83. The van der Waals surface area contributed by atoms with Crippen LogP contribution in [0.25, 0.3) is 0 Å². The van der Waals surface area contributed by atoms with E-state index in [2.05, 4.69) is 71.0 Å². The topological polar surface area (TPSA) is 61.4 Å². The molecule has 1 heterocycles. The van der Waals surface area contributed by atoms with E-state index in [1.54, 1.807) is 32.8 Å². The molecule has 5 rings (SSSR count). The van der Waals surface area contributed by atoms with Gasteiger partial charge in [0.15, 0.2) is 5.78 Å². The number of rotatable bonds is 17. The highest BCUT2D eigenvalue weighted by Crippen LogP contribution is 2.45. The fourth-order valence-corrected chi connectivity index (χ4v) is 7.90. The first-order valence-corrected chi connectivity index (χ1v) is 18.3. The van der Waals surface area contributed by atoms with Crippen molar-refractivity contribution in [3.05, 3.63) is 129 Å². The van der Waals surface area contributed by atoms with Crippen LogP contribution in [0, 0.1) is 0 Å². The Bertz CT molecular complexity index is 1630. The minimum Gasteiger partial charge on any atom is -0.349 e. The average molecular weight is 690 g/mol. The molecule has 0 saturated carbocycles. The van der Waals surface area contributed by atoms with Crippen molar-refractivity contribution in [1.82, 2.24) is 15.5 Å². The molecule has 3 aromatic carbocycles. The first-order valence-electron chi connectivity index (χ1n) is 16.9. The Labute approximate surface area is 289 Å². The molecule has 1 amide bonds. The molecular formula is C39H46F2N3O2PS. The van der Waals surface area contributed by atoms with Crippen LogP contribution in [-0.4, -0.2) is 61.0 Å². The van der Waals surface area contributed by atoms with Gasteiger partial charge >= 0.3 is 0 Å². The third-order valence-corrected chi connectivity index (χ3v) is 10.5. The zero-order valence-corrected chi connectivity index (χ0v) is 29.8. The Morgan fingerprint density at radius 2 is 1.58 bits per heavy atom. The second-order valence-corrected chi connectivity index (χ2v) is 14.6. The molecule has 0 radical (unpaired) electrons. The van der Waals surface area contributed by atoms with Gasteiger partial charge in [-0.3, -0.25) is 9.59 Å². The van der Waals surface area contributed by atoms with Crippen LogP contribution in [0.4, 0.5) is 8.78 Å². The fourth-order valence-electron chi connectivity index (χ4n) is 6.96. The summed E-state index contributed by atoms with van der Waals surface area (Å²) < 4.78 is 27.7. The lowest BCUT2D eigenvalue weighted by molar-refractivity contribution is 0.0930. The fraction of sp³-hybridized carbons (Fsp3) is 0.385. The van der Waals surface area contributed by atoms with E-state index in [9.17, 15) is 18.4 Å². The molecule has 2 N–H and O–H groups in total. The van der Waals surface area contributed by atoms with Crippen molar-refractivity contribution >= 4 is 32.3 Å². The number of carbonyl (C=O) groups excluding carboxylic acids is 2. The van der Waals surface area contributed by atoms with Gasteiger partial charge in [0, 0.05) is 35.7 Å². The molecule has 48 heavy (non-hydrogen) atoms. The molecule has 0 bridgehead atoms. The van der Waals surface area contributed by atoms with Gasteiger partial charge in [-0.05, 0) is 79.4 Å². The molecule has 0 aliphatic heterocycles. The zero-order chi connectivity index (χ0) is 34.1. The molecule has 4 aromatic rings. The lowest BCUT2D eigenvalue weighted by Crippen LogP contribution is -2.45. The highest BCUT2D eigenvalue weighted by atomic mass is 32.1. The van der Waals surface area contributed by atoms with E-state index >= 15 is 0 Å². The predicted octanol–water partition coefficient (Wildman–Crippen LogP) is 7.93. The number of ketones is 1. The van der Waals surface area contributed by atoms with E-state index in [0.29, 0.717) is 22.5 Å². The molecule has 2 unspecified atom stereocenters. The van der Waals surface area contributed by atoms with E-state index in [4.69, 9.17) is 0 Å². The van der Waals surface area contributed by atoms with E-state index in [0.717, 1.165) is 51.7 Å². The number of hydrogen-bond donors (Lipinski definition) is 2. The van der Waals surface area contributed by atoms with Gasteiger partial charge in [-0.25, -0.2) is 8.78 Å². The number of nitrogens with zero attached hydrogens (tertiary/aromatic N) is 1. The van der Waals surface area contributed by atoms with E-state index in [1.807, 2.05) is 25.1 Å². The maximum atomic E-state index is 13.9. The number of benzene rings is 3. The molecule has 9 heteroatoms. The number of halogens is 2. The Kier molecular flexibility index (Phi) is 12.3. The lowest BCUT2D eigenvalue weighted by atomic mass is 9.64. The second kappa shape index (κ2) is 16.4. The van der Waals surface area contributed by atoms with Crippen LogP contribution in [0.15, 0.2) is 90.3 Å². The number of amides is 1. The molecule has 1 aliphatic rings. The van der Waals surface area contributed by atoms with E-state index in [1.165, 1.54) is 33.6 Å². The summed E-state index contributed by atoms with van der Waals surface area (Å²) in [6.07, 6.45) is 4.40. The van der Waals surface area contributed by atoms with E-state index < -0.39 is 5.66 Å². The molecule has 254 valence electrons. The van der Waals surface area contributed by atoms with Crippen molar-refractivity contribution in [2.24, 2.45) is 0 Å². The summed E-state index contributed by atoms with van der Waals surface area (Å²) in [6.45, 7) is 6.85. The van der Waals surface area contributed by atoms with Crippen molar-refractivity contribution in [3.8, 4) is 0 Å². The molecule has 1 aliphatic carbocycles. The third-order valence-electron chi connectivity index (χ3n) is 9.42. The number of thiophene rings is 1. The van der Waals surface area contributed by atoms with Gasteiger partial charge in [-0.1, -0.05) is 101 Å². The summed E-state index contributed by atoms with van der Waals surface area (Å²) in [7, 11) is 1.65. The number of nitrogens with one attached hydrogen (secondary N) is 2. The summed E-state index contributed by atoms with van der Waals surface area (Å²) in [5.41, 5.74) is 2.75. The monoisotopic (exact) mass is 689 g/mol. The molecule has 2 atom stereocenters. The summed E-state index contributed by atoms with van der Waals surface area (Å²) in [4.78, 5) is 29.0. The quantitative estimate of drug-likeness (QED) is 0.0672. The highest BCUT2D eigenvalue weighted by Gasteiger charge is 2.40. The first-order chi connectivity index (χ1) is 23.1. The van der Waals surface area contributed by atoms with Crippen LogP contribution in [0.2, 0.25) is 0 Å². The van der Waals surface area contributed by atoms with Gasteiger partial charge in [-0.15, -0.1) is 11.3 Å². The maximum absolute atomic E-state index is 13.9. The summed E-state index contributed by atoms with van der Waals surface area (Å²) in [6, 6.07) is 27.6. The average Bonchev–Trinajstić information content (AvgIpc) is 3.58. The molecule has 0 fully saturated rings. The molecule has 0 saturated heterocycles. The van der Waals surface area contributed by atoms with Crippen LogP contribution in [0.5, 0.6) is 0 Å². The van der Waals surface area contributed by atoms with Gasteiger partial charge in [0.05, 0.1) is 6.54 Å². The molecule has 1 aromatic heterocycles. The lowest BCUT2D eigenvalue weighted by Gasteiger charge is -2.42. The van der Waals surface area contributed by atoms with Crippen LogP contribution >= 0.6 is 20.6 Å². The minimum absolute atomic E-state index is 0.0622. The Hall–Kier alpha value is -3.29. The Morgan fingerprint density at radius 1 is 0.938 bits per heavy atom. The van der Waals surface area contributed by atoms with Crippen LogP contribution in [-0.2, 0) is 11.8 Å². The Balaban J connectivity index is 1.17. The zero-order valence-electron chi connectivity index (χ0n) is 27.8. The number of alkyl halides is 2. The molecule has 0 spiro atoms. The summed E-state index contributed by atoms with van der Waals surface area (Å²) in [5, 5.41) is 8.01. The normalized spacial score (nSPS) is 14.3. The Morgan fingerprint density at radius 3 is 2.23 bits per heavy atom. The van der Waals surface area contributed by atoms with E-state index in [-0.39, 0.29) is 29.7 Å². The van der Waals surface area contributed by atoms with Crippen molar-refractivity contribution in [3.63, 3.8) is 0 Å². The van der Waals surface area contributed by atoms with Crippen molar-refractivity contribution in [2.45, 2.75) is 63.1 Å². The van der Waals surface area contributed by atoms with Crippen molar-refractivity contribution in [1.29, 1.82) is 0 Å². The van der Waals surface area contributed by atoms with Gasteiger partial charge < -0.3 is 15.5 Å². The van der Waals surface area contributed by atoms with Gasteiger partial charge in [0.1, 0.15) is 4.88 Å². The van der Waals surface area contributed by atoms with Crippen molar-refractivity contribution in [2.75, 3.05) is 32.7 Å². The van der Waals surface area contributed by atoms with Crippen LogP contribution in [0.1, 0.15) is 87.4 Å². The number of hydrogen-bond acceptors (Lipinski definition) is 5. The molecular weight excluding hydrogens is 643 g/mol. The highest BCUT2D eigenvalue weighted by molar-refractivity contribution is 7.18. The van der Waals surface area contributed by atoms with Gasteiger partial charge in [0.25, 0.3) is 11.6 Å². The minimum atomic E-state index is -2.86. The molecule has 5 nitrogen and oxygen atoms in total. The number of carbonyl (C=O) groups is 2. The predicted molar refractivity (Wildman–Crippen MR) is 196 cm³/mol. The summed E-state index contributed by atoms with van der Waals surface area (Å²) in [5.74, 6) is -0.363. The SMILES string of the molecule is CCN(CCCCC1(CNCC(F)(F)P)c2ccccc2Cc2ccccc21)CCC(C)NC(=O)c1sccc1C(=O)c1ccccc1. The van der Waals surface area contributed by atoms with Gasteiger partial charge in [-0.2, -0.15) is 0 Å². The maximum Gasteiger partial charge on any atom is 0.271 e. The van der Waals surface area contributed by atoms with Crippen LogP contribution < -0.4 is 10.6 Å². The van der Waals surface area contributed by atoms with Crippen molar-refractivity contribution < 1.29 is 18.4 Å². The van der Waals surface area contributed by atoms with Gasteiger partial charge in [0.2, 0.25) is 0 Å². The van der Waals surface area contributed by atoms with Crippen LogP contribution in [0.3, 0.4) is 0 Å². The smallest absolute Gasteiger partial charge is 0.271 e.